The van der Waals surface area contributed by atoms with Gasteiger partial charge in [0.05, 0.1) is 53.9 Å². The van der Waals surface area contributed by atoms with E-state index in [1.54, 1.807) is 31.6 Å². The lowest BCUT2D eigenvalue weighted by Gasteiger charge is -2.48. The molecule has 1 aromatic carbocycles. The van der Waals surface area contributed by atoms with Gasteiger partial charge < -0.3 is 49.9 Å². The van der Waals surface area contributed by atoms with Crippen molar-refractivity contribution in [3.05, 3.63) is 82.0 Å². The van der Waals surface area contributed by atoms with Gasteiger partial charge in [0.15, 0.2) is 5.82 Å². The summed E-state index contributed by atoms with van der Waals surface area (Å²) in [4.78, 5) is 74.4. The Balaban J connectivity index is 0.793. The van der Waals surface area contributed by atoms with Crippen LogP contribution in [0.4, 0.5) is 34.4 Å². The Morgan fingerprint density at radius 3 is 2.49 bits per heavy atom. The van der Waals surface area contributed by atoms with Crippen LogP contribution >= 0.6 is 19.2 Å². The Morgan fingerprint density at radius 2 is 1.74 bits per heavy atom. The molecule has 18 nitrogen and oxygen atoms in total. The molecule has 0 spiro atoms. The number of aryl methyl sites for hydroxylation is 1. The number of rotatable bonds is 14. The van der Waals surface area contributed by atoms with Gasteiger partial charge >= 0.3 is 7.82 Å². The standard InChI is InChI=1S/C54H73N10O8PS/c1-6-49(66)58-43-29-37(57-51-52(71-5)56-31-48(59-51)63-23-9-11-45(46(63)33-65)64-25-19-41-40-10-7-8-12-47(40)74-50(41)53(64)67)13-14-44(43)62-27-26-60(32-35(62)3)38-18-24-61(34(2)28-38)39-17-22-55-42(30-39)36-15-20-54(4,21-16-36)72-73(68,69)70/h6,13-14,17,22,29-31,34-36,38,45-46,65H,1,7-12,15-16,18-21,23-28,32-33H2,2-5H3,(H,57,59)(H,58,66)(H2,68,69,70)/t34-,35+,36?,38?,45?,46?,54?/m1/s1. The highest BCUT2D eigenvalue weighted by Gasteiger charge is 2.43. The van der Waals surface area contributed by atoms with Crippen LogP contribution in [0.3, 0.4) is 0 Å². The second-order valence-electron chi connectivity index (χ2n) is 21.6. The maximum absolute atomic E-state index is 14.2. The number of thiophene rings is 1. The van der Waals surface area contributed by atoms with Crippen molar-refractivity contribution in [2.75, 3.05) is 78.3 Å². The number of benzene rings is 1. The summed E-state index contributed by atoms with van der Waals surface area (Å²) < 4.78 is 22.5. The summed E-state index contributed by atoms with van der Waals surface area (Å²) in [5, 5.41) is 17.5. The molecule has 0 bridgehead atoms. The number of carbonyl (C=O) groups is 2. The van der Waals surface area contributed by atoms with Crippen molar-refractivity contribution >= 4 is 65.4 Å². The molecule has 5 N–H and O–H groups in total. The van der Waals surface area contributed by atoms with Crippen molar-refractivity contribution in [2.24, 2.45) is 0 Å². The van der Waals surface area contributed by atoms with E-state index in [9.17, 15) is 29.0 Å². The van der Waals surface area contributed by atoms with E-state index < -0.39 is 13.4 Å². The molecule has 2 amide bonds. The molecule has 398 valence electrons. The number of nitrogens with zero attached hydrogens (tertiary/aromatic N) is 8. The number of pyridine rings is 1. The number of ether oxygens (including phenoxy) is 1. The maximum atomic E-state index is 14.2. The first-order chi connectivity index (χ1) is 35.6. The third-order valence-electron chi connectivity index (χ3n) is 16.8. The quantitative estimate of drug-likeness (QED) is 0.0603. The zero-order valence-electron chi connectivity index (χ0n) is 43.2. The summed E-state index contributed by atoms with van der Waals surface area (Å²) in [6.45, 7) is 14.7. The van der Waals surface area contributed by atoms with Gasteiger partial charge in [0.25, 0.3) is 11.8 Å². The van der Waals surface area contributed by atoms with Crippen molar-refractivity contribution in [1.82, 2.24) is 24.8 Å². The largest absolute Gasteiger partial charge is 0.478 e. The van der Waals surface area contributed by atoms with Crippen LogP contribution in [-0.2, 0) is 33.1 Å². The Hall–Kier alpha value is -5.14. The second kappa shape index (κ2) is 21.8. The normalized spacial score (nSPS) is 26.8. The lowest BCUT2D eigenvalue weighted by molar-refractivity contribution is -0.111. The number of aliphatic hydroxyl groups excluding tert-OH is 1. The molecule has 4 aromatic rings. The number of aliphatic hydroxyl groups is 1. The molecule has 5 atom stereocenters. The number of methoxy groups -OCH3 is 1. The Labute approximate surface area is 438 Å². The number of aromatic nitrogens is 3. The number of piperazine rings is 1. The first kappa shape index (κ1) is 52.3. The van der Waals surface area contributed by atoms with E-state index in [2.05, 4.69) is 67.8 Å². The Kier molecular flexibility index (Phi) is 15.4. The maximum Gasteiger partial charge on any atom is 0.470 e. The molecule has 0 radical (unpaired) electrons. The molecule has 20 heteroatoms. The topological polar surface area (TPSA) is 209 Å². The van der Waals surface area contributed by atoms with Gasteiger partial charge in [-0.2, -0.15) is 0 Å². The van der Waals surface area contributed by atoms with Crippen molar-refractivity contribution in [2.45, 2.75) is 146 Å². The summed E-state index contributed by atoms with van der Waals surface area (Å²) in [5.74, 6) is 1.24. The molecule has 6 aliphatic rings. The van der Waals surface area contributed by atoms with E-state index in [1.807, 2.05) is 29.3 Å². The van der Waals surface area contributed by atoms with Crippen LogP contribution in [0.25, 0.3) is 0 Å². The van der Waals surface area contributed by atoms with Gasteiger partial charge in [-0.3, -0.25) is 24.0 Å². The molecule has 2 aliphatic carbocycles. The molecule has 3 aromatic heterocycles. The average molecular weight is 1050 g/mol. The van der Waals surface area contributed by atoms with Crippen LogP contribution in [0.15, 0.2) is 55.4 Å². The first-order valence-electron chi connectivity index (χ1n) is 26.7. The number of phosphoric acid groups is 1. The van der Waals surface area contributed by atoms with E-state index in [-0.39, 0.29) is 42.5 Å². The molecule has 74 heavy (non-hydrogen) atoms. The highest BCUT2D eigenvalue weighted by Crippen LogP contribution is 2.49. The number of carbonyl (C=O) groups excluding carboxylic acids is 2. The van der Waals surface area contributed by atoms with E-state index in [0.717, 1.165) is 106 Å². The van der Waals surface area contributed by atoms with E-state index in [4.69, 9.17) is 19.2 Å². The lowest BCUT2D eigenvalue weighted by Crippen LogP contribution is -2.60. The second-order valence-corrected chi connectivity index (χ2v) is 23.8. The van der Waals surface area contributed by atoms with E-state index >= 15 is 0 Å². The van der Waals surface area contributed by atoms with Crippen LogP contribution in [0, 0.1) is 0 Å². The molecule has 4 aliphatic heterocycles. The summed E-state index contributed by atoms with van der Waals surface area (Å²) >= 11 is 1.69. The third-order valence-corrected chi connectivity index (χ3v) is 18.8. The zero-order chi connectivity index (χ0) is 51.9. The summed E-state index contributed by atoms with van der Waals surface area (Å²) in [5.41, 5.74) is 6.25. The molecular formula is C54H73N10O8PS. The number of phosphoric ester groups is 1. The molecule has 10 rings (SSSR count). The van der Waals surface area contributed by atoms with Gasteiger partial charge in [-0.1, -0.05) is 6.58 Å². The molecule has 7 heterocycles. The van der Waals surface area contributed by atoms with Crippen molar-refractivity contribution in [3.8, 4) is 5.88 Å². The number of hydrogen-bond acceptors (Lipinski definition) is 15. The lowest BCUT2D eigenvalue weighted by atomic mass is 9.78. The predicted octanol–water partition coefficient (Wildman–Crippen LogP) is 7.81. The fourth-order valence-corrected chi connectivity index (χ4v) is 15.2. The van der Waals surface area contributed by atoms with Gasteiger partial charge in [-0.15, -0.1) is 11.3 Å². The van der Waals surface area contributed by atoms with Gasteiger partial charge in [0.2, 0.25) is 5.91 Å². The van der Waals surface area contributed by atoms with E-state index in [0.29, 0.717) is 66.9 Å². The average Bonchev–Trinajstić information content (AvgIpc) is 3.78. The summed E-state index contributed by atoms with van der Waals surface area (Å²) in [7, 11) is -3.02. The van der Waals surface area contributed by atoms with Crippen LogP contribution < -0.4 is 30.1 Å². The van der Waals surface area contributed by atoms with Crippen LogP contribution in [0.1, 0.15) is 122 Å². The SMILES string of the molecule is C=CC(=O)Nc1cc(Nc2nc(N3CCCC(N4CCc5c(sc6c5CCCC6)C4=O)C3CO)cnc2OC)ccc1N1CCN(C2CCN(c3ccnc(C4CCC(C)(OP(=O)(O)O)CC4)c3)[C@H](C)C2)C[C@@H]1C. The van der Waals surface area contributed by atoms with Crippen molar-refractivity contribution < 1.29 is 38.3 Å². The summed E-state index contributed by atoms with van der Waals surface area (Å²) in [6.07, 6.45) is 16.5. The molecule has 1 saturated carbocycles. The highest BCUT2D eigenvalue weighted by molar-refractivity contribution is 7.46. The number of anilines is 6. The fourth-order valence-electron chi connectivity index (χ4n) is 13.1. The number of piperidine rings is 2. The number of fused-ring (bicyclic) bond motifs is 3. The van der Waals surface area contributed by atoms with Gasteiger partial charge in [0, 0.05) is 91.5 Å². The van der Waals surface area contributed by atoms with E-state index in [1.165, 1.54) is 34.9 Å². The van der Waals surface area contributed by atoms with Crippen LogP contribution in [-0.4, -0.2) is 140 Å². The molecular weight excluding hydrogens is 980 g/mol. The summed E-state index contributed by atoms with van der Waals surface area (Å²) in [6, 6.07) is 10.6. The third kappa shape index (κ3) is 10.9. The van der Waals surface area contributed by atoms with Crippen LogP contribution in [0.2, 0.25) is 0 Å². The minimum Gasteiger partial charge on any atom is -0.478 e. The number of nitrogens with one attached hydrogen (secondary N) is 2. The van der Waals surface area contributed by atoms with Gasteiger partial charge in [-0.25, -0.2) is 14.5 Å². The van der Waals surface area contributed by atoms with Gasteiger partial charge in [-0.05, 0) is 152 Å². The Bertz CT molecular complexity index is 2770. The van der Waals surface area contributed by atoms with Crippen LogP contribution in [0.5, 0.6) is 5.88 Å². The zero-order valence-corrected chi connectivity index (χ0v) is 45.0. The predicted molar refractivity (Wildman–Crippen MR) is 289 cm³/mol. The minimum absolute atomic E-state index is 0.0891. The Morgan fingerprint density at radius 1 is 0.932 bits per heavy atom. The minimum atomic E-state index is -4.57. The first-order valence-corrected chi connectivity index (χ1v) is 29.0. The van der Waals surface area contributed by atoms with Crippen molar-refractivity contribution in [1.29, 1.82) is 0 Å². The van der Waals surface area contributed by atoms with Crippen molar-refractivity contribution in [3.63, 3.8) is 0 Å². The fraction of sp³-hybridized carbons (Fsp3) is 0.574. The smallest absolute Gasteiger partial charge is 0.470 e. The number of amides is 2. The number of hydrogen-bond donors (Lipinski definition) is 5. The highest BCUT2D eigenvalue weighted by atomic mass is 32.1. The monoisotopic (exact) mass is 1050 g/mol. The molecule has 3 saturated heterocycles. The van der Waals surface area contributed by atoms with Gasteiger partial charge in [0.1, 0.15) is 5.82 Å². The molecule has 3 unspecified atom stereocenters. The molecule has 4 fully saturated rings.